The number of thiophene rings is 1. The molecule has 7 heteroatoms. The lowest BCUT2D eigenvalue weighted by Crippen LogP contribution is -2.26. The fourth-order valence-electron chi connectivity index (χ4n) is 2.87. The van der Waals surface area contributed by atoms with Gasteiger partial charge in [0.15, 0.2) is 5.16 Å². The van der Waals surface area contributed by atoms with E-state index in [1.165, 1.54) is 23.1 Å². The molecule has 3 aromatic rings. The number of thioether (sulfide) groups is 1. The monoisotopic (exact) mass is 413 g/mol. The van der Waals surface area contributed by atoms with E-state index in [2.05, 4.69) is 30.7 Å². The number of anilines is 1. The largest absolute Gasteiger partial charge is 0.325 e. The number of nitrogens with one attached hydrogen (secondary N) is 1. The maximum atomic E-state index is 12.8. The average Bonchev–Trinajstić information content (AvgIpc) is 3.13. The van der Waals surface area contributed by atoms with Crippen LogP contribution >= 0.6 is 23.1 Å². The molecule has 0 bridgehead atoms. The van der Waals surface area contributed by atoms with Crippen molar-refractivity contribution in [2.24, 2.45) is 0 Å². The number of benzene rings is 1. The zero-order chi connectivity index (χ0) is 20.3. The first-order valence-electron chi connectivity index (χ1n) is 9.07. The molecular weight excluding hydrogens is 390 g/mol. The molecule has 0 aliphatic carbocycles. The summed E-state index contributed by atoms with van der Waals surface area (Å²) >= 11 is 2.70. The van der Waals surface area contributed by atoms with Crippen LogP contribution in [0.25, 0.3) is 10.2 Å². The van der Waals surface area contributed by atoms with E-state index in [0.717, 1.165) is 11.3 Å². The molecule has 1 amide bonds. The predicted octanol–water partition coefficient (Wildman–Crippen LogP) is 4.89. The molecule has 0 saturated heterocycles. The number of para-hydroxylation sites is 1. The van der Waals surface area contributed by atoms with Crippen molar-refractivity contribution in [3.63, 3.8) is 0 Å². The second kappa shape index (κ2) is 8.75. The van der Waals surface area contributed by atoms with Crippen LogP contribution in [0.1, 0.15) is 32.3 Å². The number of carbonyl (C=O) groups excluding carboxylic acids is 1. The van der Waals surface area contributed by atoms with Crippen molar-refractivity contribution in [2.45, 2.75) is 43.6 Å². The molecule has 2 heterocycles. The summed E-state index contributed by atoms with van der Waals surface area (Å²) in [6, 6.07) is 9.59. The Kier molecular flexibility index (Phi) is 6.36. The van der Waals surface area contributed by atoms with E-state index in [4.69, 9.17) is 0 Å². The minimum absolute atomic E-state index is 0.105. The van der Waals surface area contributed by atoms with Gasteiger partial charge in [-0.25, -0.2) is 4.98 Å². The van der Waals surface area contributed by atoms with E-state index >= 15 is 0 Å². The Morgan fingerprint density at radius 3 is 2.79 bits per heavy atom. The number of allylic oxidation sites excluding steroid dienone is 1. The number of aromatic nitrogens is 2. The minimum atomic E-state index is -0.416. The Morgan fingerprint density at radius 2 is 2.07 bits per heavy atom. The van der Waals surface area contributed by atoms with E-state index in [9.17, 15) is 9.59 Å². The topological polar surface area (TPSA) is 64.0 Å². The molecule has 0 fully saturated rings. The van der Waals surface area contributed by atoms with Crippen LogP contribution in [-0.2, 0) is 11.3 Å². The van der Waals surface area contributed by atoms with Gasteiger partial charge < -0.3 is 5.32 Å². The fourth-order valence-corrected chi connectivity index (χ4v) is 4.59. The molecule has 28 heavy (non-hydrogen) atoms. The number of hydrogen-bond donors (Lipinski definition) is 1. The maximum Gasteiger partial charge on any atom is 0.263 e. The molecule has 2 aromatic heterocycles. The van der Waals surface area contributed by atoms with Crippen LogP contribution < -0.4 is 10.9 Å². The summed E-state index contributed by atoms with van der Waals surface area (Å²) < 4.78 is 1.57. The van der Waals surface area contributed by atoms with Gasteiger partial charge in [0.05, 0.1) is 10.6 Å². The number of amides is 1. The van der Waals surface area contributed by atoms with Crippen molar-refractivity contribution < 1.29 is 4.79 Å². The van der Waals surface area contributed by atoms with Gasteiger partial charge in [0, 0.05) is 12.2 Å². The third kappa shape index (κ3) is 4.20. The first-order valence-corrected chi connectivity index (χ1v) is 10.8. The summed E-state index contributed by atoms with van der Waals surface area (Å²) in [5.41, 5.74) is 1.81. The highest BCUT2D eigenvalue weighted by molar-refractivity contribution is 8.00. The van der Waals surface area contributed by atoms with Crippen LogP contribution in [-0.4, -0.2) is 20.7 Å². The zero-order valence-corrected chi connectivity index (χ0v) is 17.8. The number of nitrogens with zero attached hydrogens (tertiary/aromatic N) is 2. The first-order chi connectivity index (χ1) is 13.4. The van der Waals surface area contributed by atoms with Gasteiger partial charge in [0.25, 0.3) is 5.56 Å². The smallest absolute Gasteiger partial charge is 0.263 e. The standard InChI is InChI=1S/C21H23N3O2S2/c1-5-11-24-20(26)16-10-12-27-19(16)23-21(24)28-14(4)18(25)22-17-9-7-6-8-15(17)13(2)3/h5-10,12-14H,1,11H2,2-4H3,(H,22,25). The van der Waals surface area contributed by atoms with Crippen LogP contribution in [0.5, 0.6) is 0 Å². The predicted molar refractivity (Wildman–Crippen MR) is 119 cm³/mol. The number of hydrogen-bond acceptors (Lipinski definition) is 5. The van der Waals surface area contributed by atoms with Gasteiger partial charge in [-0.15, -0.1) is 17.9 Å². The van der Waals surface area contributed by atoms with Crippen LogP contribution in [0.2, 0.25) is 0 Å². The van der Waals surface area contributed by atoms with Gasteiger partial charge in [0.1, 0.15) is 4.83 Å². The third-order valence-corrected chi connectivity index (χ3v) is 6.25. The second-order valence-electron chi connectivity index (χ2n) is 6.73. The molecule has 0 radical (unpaired) electrons. The normalized spacial score (nSPS) is 12.3. The van der Waals surface area contributed by atoms with Crippen molar-refractivity contribution in [1.29, 1.82) is 0 Å². The van der Waals surface area contributed by atoms with Crippen molar-refractivity contribution in [2.75, 3.05) is 5.32 Å². The Labute approximate surface area is 172 Å². The average molecular weight is 414 g/mol. The third-order valence-electron chi connectivity index (χ3n) is 4.35. The maximum absolute atomic E-state index is 12.8. The molecule has 1 unspecified atom stereocenters. The quantitative estimate of drug-likeness (QED) is 0.340. The Balaban J connectivity index is 1.85. The molecule has 146 valence electrons. The molecule has 0 aliphatic rings. The van der Waals surface area contributed by atoms with Gasteiger partial charge in [0.2, 0.25) is 5.91 Å². The Morgan fingerprint density at radius 1 is 1.32 bits per heavy atom. The number of carbonyl (C=O) groups is 1. The van der Waals surface area contributed by atoms with Crippen LogP contribution in [0, 0.1) is 0 Å². The lowest BCUT2D eigenvalue weighted by molar-refractivity contribution is -0.115. The molecule has 0 saturated carbocycles. The molecule has 1 N–H and O–H groups in total. The molecular formula is C21H23N3O2S2. The molecule has 1 aromatic carbocycles. The summed E-state index contributed by atoms with van der Waals surface area (Å²) in [4.78, 5) is 30.8. The summed E-state index contributed by atoms with van der Waals surface area (Å²) in [6.07, 6.45) is 1.66. The first kappa shape index (κ1) is 20.4. The lowest BCUT2D eigenvalue weighted by atomic mass is 10.0. The highest BCUT2D eigenvalue weighted by Gasteiger charge is 2.20. The van der Waals surface area contributed by atoms with E-state index in [0.29, 0.717) is 27.8 Å². The van der Waals surface area contributed by atoms with Crippen LogP contribution in [0.3, 0.4) is 0 Å². The van der Waals surface area contributed by atoms with Gasteiger partial charge in [-0.3, -0.25) is 14.2 Å². The SMILES string of the molecule is C=CCn1c(SC(C)C(=O)Nc2ccccc2C(C)C)nc2sccc2c1=O. The van der Waals surface area contributed by atoms with Crippen LogP contribution in [0.15, 0.2) is 58.3 Å². The van der Waals surface area contributed by atoms with Crippen molar-refractivity contribution in [3.8, 4) is 0 Å². The molecule has 1 atom stereocenters. The minimum Gasteiger partial charge on any atom is -0.325 e. The fraction of sp³-hybridized carbons (Fsp3) is 0.286. The molecule has 5 nitrogen and oxygen atoms in total. The van der Waals surface area contributed by atoms with Gasteiger partial charge in [-0.05, 0) is 35.9 Å². The lowest BCUT2D eigenvalue weighted by Gasteiger charge is -2.17. The van der Waals surface area contributed by atoms with Crippen molar-refractivity contribution in [3.05, 3.63) is 64.3 Å². The number of rotatable bonds is 7. The second-order valence-corrected chi connectivity index (χ2v) is 8.93. The highest BCUT2D eigenvalue weighted by atomic mass is 32.2. The van der Waals surface area contributed by atoms with Gasteiger partial charge in [-0.2, -0.15) is 0 Å². The summed E-state index contributed by atoms with van der Waals surface area (Å²) in [5, 5.41) is 5.58. The highest BCUT2D eigenvalue weighted by Crippen LogP contribution is 2.27. The molecule has 0 spiro atoms. The van der Waals surface area contributed by atoms with E-state index in [-0.39, 0.29) is 11.5 Å². The summed E-state index contributed by atoms with van der Waals surface area (Å²) in [7, 11) is 0. The summed E-state index contributed by atoms with van der Waals surface area (Å²) in [5.74, 6) is 0.184. The van der Waals surface area contributed by atoms with Crippen molar-refractivity contribution in [1.82, 2.24) is 9.55 Å². The summed E-state index contributed by atoms with van der Waals surface area (Å²) in [6.45, 7) is 10.1. The van der Waals surface area contributed by atoms with Crippen LogP contribution in [0.4, 0.5) is 5.69 Å². The van der Waals surface area contributed by atoms with Gasteiger partial charge >= 0.3 is 0 Å². The van der Waals surface area contributed by atoms with Crippen molar-refractivity contribution >= 4 is 44.9 Å². The van der Waals surface area contributed by atoms with Gasteiger partial charge in [-0.1, -0.05) is 49.9 Å². The Bertz CT molecular complexity index is 1070. The number of fused-ring (bicyclic) bond motifs is 1. The van der Waals surface area contributed by atoms with E-state index in [1.54, 1.807) is 16.7 Å². The molecule has 0 aliphatic heterocycles. The zero-order valence-electron chi connectivity index (χ0n) is 16.1. The Hall–Kier alpha value is -2.38. The molecule has 3 rings (SSSR count). The van der Waals surface area contributed by atoms with E-state index < -0.39 is 5.25 Å². The van der Waals surface area contributed by atoms with E-state index in [1.807, 2.05) is 36.6 Å².